The lowest BCUT2D eigenvalue weighted by Gasteiger charge is -2.38. The number of carbonyl (C=O) groups excluding carboxylic acids is 2. The Morgan fingerprint density at radius 3 is 1.65 bits per heavy atom. The van der Waals surface area contributed by atoms with E-state index >= 15 is 0 Å². The van der Waals surface area contributed by atoms with Gasteiger partial charge in [-0.3, -0.25) is 9.59 Å². The zero-order chi connectivity index (χ0) is 15.6. The molecule has 4 N–H and O–H groups in total. The summed E-state index contributed by atoms with van der Waals surface area (Å²) in [5, 5.41) is 37.9. The SMILES string of the molecule is CC1(Cl)C(=O)c2c(O)c(Cl)c(Cl)c(O)c2C(=O)C1(O)O. The van der Waals surface area contributed by atoms with Gasteiger partial charge in [0.25, 0.3) is 5.79 Å². The minimum Gasteiger partial charge on any atom is -0.506 e. The molecule has 1 unspecified atom stereocenters. The lowest BCUT2D eigenvalue weighted by atomic mass is 9.76. The van der Waals surface area contributed by atoms with Crippen molar-refractivity contribution in [2.75, 3.05) is 0 Å². The fourth-order valence-electron chi connectivity index (χ4n) is 1.89. The summed E-state index contributed by atoms with van der Waals surface area (Å²) in [4.78, 5) is 21.7. The van der Waals surface area contributed by atoms with E-state index < -0.39 is 54.9 Å². The second-order valence-electron chi connectivity index (χ2n) is 4.41. The van der Waals surface area contributed by atoms with Crippen LogP contribution >= 0.6 is 34.8 Å². The molecule has 2 rings (SSSR count). The van der Waals surface area contributed by atoms with Gasteiger partial charge in [0, 0.05) is 0 Å². The molecule has 0 bridgehead atoms. The second kappa shape index (κ2) is 4.22. The van der Waals surface area contributed by atoms with E-state index in [-0.39, 0.29) is 0 Å². The Morgan fingerprint density at radius 2 is 1.25 bits per heavy atom. The molecule has 0 saturated heterocycles. The van der Waals surface area contributed by atoms with Crippen LogP contribution in [0, 0.1) is 0 Å². The number of fused-ring (bicyclic) bond motifs is 1. The molecule has 6 nitrogen and oxygen atoms in total. The van der Waals surface area contributed by atoms with Gasteiger partial charge in [0.05, 0.1) is 11.1 Å². The van der Waals surface area contributed by atoms with E-state index in [1.807, 2.05) is 0 Å². The van der Waals surface area contributed by atoms with Gasteiger partial charge in [-0.25, -0.2) is 0 Å². The Morgan fingerprint density at radius 1 is 0.900 bits per heavy atom. The van der Waals surface area contributed by atoms with Crippen molar-refractivity contribution >= 4 is 46.4 Å². The maximum atomic E-state index is 12.2. The number of halogens is 3. The third kappa shape index (κ3) is 1.60. The van der Waals surface area contributed by atoms with E-state index in [0.29, 0.717) is 0 Å². The predicted octanol–water partition coefficient (Wildman–Crippen LogP) is 1.46. The first-order valence-corrected chi connectivity index (χ1v) is 6.25. The summed E-state index contributed by atoms with van der Waals surface area (Å²) >= 11 is 16.9. The standard InChI is InChI=1S/C11H7Cl3O6/c1-10(14)8(17)2-3(9(18)11(10,19)20)7(16)5(13)4(12)6(2)15/h15-16,19-20H,1H3. The number of alkyl halides is 1. The third-order valence-electron chi connectivity index (χ3n) is 3.18. The Kier molecular flexibility index (Phi) is 3.24. The van der Waals surface area contributed by atoms with Gasteiger partial charge >= 0.3 is 0 Å². The maximum absolute atomic E-state index is 12.2. The molecule has 0 amide bonds. The van der Waals surface area contributed by atoms with Crippen LogP contribution in [-0.2, 0) is 0 Å². The van der Waals surface area contributed by atoms with Crippen molar-refractivity contribution in [3.63, 3.8) is 0 Å². The highest BCUT2D eigenvalue weighted by atomic mass is 35.5. The first-order chi connectivity index (χ1) is 8.96. The van der Waals surface area contributed by atoms with Crippen molar-refractivity contribution in [3.8, 4) is 11.5 Å². The van der Waals surface area contributed by atoms with Gasteiger partial charge in [0.1, 0.15) is 21.5 Å². The van der Waals surface area contributed by atoms with Gasteiger partial charge in [-0.1, -0.05) is 23.2 Å². The van der Waals surface area contributed by atoms with Crippen molar-refractivity contribution in [1.29, 1.82) is 0 Å². The van der Waals surface area contributed by atoms with Gasteiger partial charge in [-0.05, 0) is 6.92 Å². The Bertz CT molecular complexity index is 608. The van der Waals surface area contributed by atoms with Crippen LogP contribution in [0.2, 0.25) is 10.0 Å². The average Bonchev–Trinajstić information content (AvgIpc) is 2.37. The fraction of sp³-hybridized carbons (Fsp3) is 0.273. The van der Waals surface area contributed by atoms with Crippen LogP contribution in [-0.4, -0.2) is 42.7 Å². The van der Waals surface area contributed by atoms with E-state index in [2.05, 4.69) is 0 Å². The van der Waals surface area contributed by atoms with E-state index in [9.17, 15) is 30.0 Å². The van der Waals surface area contributed by atoms with Crippen LogP contribution in [0.25, 0.3) is 0 Å². The number of carbonyl (C=O) groups is 2. The molecule has 0 spiro atoms. The molecule has 1 aromatic rings. The minimum absolute atomic E-state index is 0.556. The summed E-state index contributed by atoms with van der Waals surface area (Å²) < 4.78 is 0. The van der Waals surface area contributed by atoms with Gasteiger partial charge in [-0.15, -0.1) is 11.6 Å². The second-order valence-corrected chi connectivity index (χ2v) is 5.92. The summed E-state index contributed by atoms with van der Waals surface area (Å²) in [5.74, 6) is -7.76. The van der Waals surface area contributed by atoms with Crippen molar-refractivity contribution in [3.05, 3.63) is 21.2 Å². The predicted molar refractivity (Wildman–Crippen MR) is 69.9 cm³/mol. The zero-order valence-electron chi connectivity index (χ0n) is 9.74. The molecule has 1 atom stereocenters. The Balaban J connectivity index is 2.99. The van der Waals surface area contributed by atoms with Gasteiger partial charge in [0.2, 0.25) is 5.78 Å². The molecule has 1 aliphatic rings. The quantitative estimate of drug-likeness (QED) is 0.323. The topological polar surface area (TPSA) is 115 Å². The van der Waals surface area contributed by atoms with Crippen molar-refractivity contribution < 1.29 is 30.0 Å². The molecule has 1 aliphatic carbocycles. The van der Waals surface area contributed by atoms with Crippen molar-refractivity contribution in [2.24, 2.45) is 0 Å². The van der Waals surface area contributed by atoms with E-state index in [1.54, 1.807) is 0 Å². The van der Waals surface area contributed by atoms with Crippen LogP contribution in [0.5, 0.6) is 11.5 Å². The summed E-state index contributed by atoms with van der Waals surface area (Å²) in [6.07, 6.45) is 0. The lowest BCUT2D eigenvalue weighted by molar-refractivity contribution is -0.137. The van der Waals surface area contributed by atoms with Crippen LogP contribution < -0.4 is 0 Å². The third-order valence-corrected chi connectivity index (χ3v) is 4.45. The Hall–Kier alpha value is -1.05. The van der Waals surface area contributed by atoms with Crippen molar-refractivity contribution in [2.45, 2.75) is 17.6 Å². The monoisotopic (exact) mass is 340 g/mol. The summed E-state index contributed by atoms with van der Waals surface area (Å²) in [5.41, 5.74) is -1.55. The van der Waals surface area contributed by atoms with Gasteiger partial charge in [-0.2, -0.15) is 0 Å². The molecule has 9 heteroatoms. The number of Topliss-reactive ketones (excluding diaryl/α,β-unsaturated/α-hetero) is 2. The molecular formula is C11H7Cl3O6. The van der Waals surface area contributed by atoms with Crippen molar-refractivity contribution in [1.82, 2.24) is 0 Å². The normalized spacial score (nSPS) is 24.7. The number of hydrogen-bond donors (Lipinski definition) is 4. The van der Waals surface area contributed by atoms with Crippen LogP contribution in [0.15, 0.2) is 0 Å². The number of aliphatic hydroxyl groups is 2. The van der Waals surface area contributed by atoms with Crippen LogP contribution in [0.1, 0.15) is 27.6 Å². The molecule has 108 valence electrons. The molecule has 20 heavy (non-hydrogen) atoms. The van der Waals surface area contributed by atoms with E-state index in [4.69, 9.17) is 34.8 Å². The smallest absolute Gasteiger partial charge is 0.256 e. The minimum atomic E-state index is -3.28. The zero-order valence-corrected chi connectivity index (χ0v) is 12.0. The highest BCUT2D eigenvalue weighted by molar-refractivity contribution is 6.48. The molecule has 1 aromatic carbocycles. The highest BCUT2D eigenvalue weighted by Gasteiger charge is 2.62. The molecule has 0 radical (unpaired) electrons. The molecule has 0 fully saturated rings. The molecular weight excluding hydrogens is 334 g/mol. The average molecular weight is 342 g/mol. The lowest BCUT2D eigenvalue weighted by Crippen LogP contribution is -2.62. The molecule has 0 saturated carbocycles. The van der Waals surface area contributed by atoms with Crippen LogP contribution in [0.3, 0.4) is 0 Å². The first kappa shape index (κ1) is 15.3. The highest BCUT2D eigenvalue weighted by Crippen LogP contribution is 2.50. The molecule has 0 aromatic heterocycles. The first-order valence-electron chi connectivity index (χ1n) is 5.12. The Labute approximate surface area is 127 Å². The number of ketones is 2. The molecule has 0 heterocycles. The fourth-order valence-corrected chi connectivity index (χ4v) is 2.44. The number of phenols is 2. The number of hydrogen-bond acceptors (Lipinski definition) is 6. The summed E-state index contributed by atoms with van der Waals surface area (Å²) in [6, 6.07) is 0. The summed E-state index contributed by atoms with van der Waals surface area (Å²) in [7, 11) is 0. The molecule has 0 aliphatic heterocycles. The van der Waals surface area contributed by atoms with E-state index in [1.165, 1.54) is 0 Å². The van der Waals surface area contributed by atoms with Crippen LogP contribution in [0.4, 0.5) is 0 Å². The number of aromatic hydroxyl groups is 2. The van der Waals surface area contributed by atoms with Gasteiger partial charge in [0.15, 0.2) is 10.7 Å². The summed E-state index contributed by atoms with van der Waals surface area (Å²) in [6.45, 7) is 0.886. The van der Waals surface area contributed by atoms with E-state index in [0.717, 1.165) is 6.92 Å². The largest absolute Gasteiger partial charge is 0.506 e. The van der Waals surface area contributed by atoms with Gasteiger partial charge < -0.3 is 20.4 Å². The number of benzene rings is 1. The number of phenolic OH excluding ortho intramolecular Hbond substituents is 2. The maximum Gasteiger partial charge on any atom is 0.256 e. The number of rotatable bonds is 0.